The van der Waals surface area contributed by atoms with E-state index in [4.69, 9.17) is 0 Å². The van der Waals surface area contributed by atoms with Crippen LogP contribution in [0.15, 0.2) is 48.5 Å². The number of nitrogens with one attached hydrogen (secondary N) is 1. The summed E-state index contributed by atoms with van der Waals surface area (Å²) in [5, 5.41) is 2.61. The van der Waals surface area contributed by atoms with Gasteiger partial charge in [-0.3, -0.25) is 8.63 Å². The second kappa shape index (κ2) is 4.79. The molecule has 4 heteroatoms. The Kier molecular flexibility index (Phi) is 3.20. The molecule has 0 aliphatic carbocycles. The summed E-state index contributed by atoms with van der Waals surface area (Å²) in [7, 11) is -1.00. The molecule has 0 bridgehead atoms. The summed E-state index contributed by atoms with van der Waals surface area (Å²) >= 11 is 0. The van der Waals surface area contributed by atoms with Crippen LogP contribution in [-0.2, 0) is 0 Å². The van der Waals surface area contributed by atoms with Gasteiger partial charge >= 0.3 is 7.83 Å². The minimum absolute atomic E-state index is 1.00. The molecule has 0 spiro atoms. The topological polar surface area (TPSA) is 15.8 Å². The minimum atomic E-state index is -1.00. The maximum Gasteiger partial charge on any atom is 0.577 e. The molecule has 1 N–H and O–H groups in total. The van der Waals surface area contributed by atoms with Crippen molar-refractivity contribution >= 4 is 29.6 Å². The molecule has 3 aromatic rings. The molecule has 1 radical (unpaired) electrons. The van der Waals surface area contributed by atoms with Gasteiger partial charge in [-0.25, -0.2) is 0 Å². The van der Waals surface area contributed by atoms with Crippen molar-refractivity contribution in [3.63, 3.8) is 0 Å². The van der Waals surface area contributed by atoms with Crippen molar-refractivity contribution in [2.24, 2.45) is 0 Å². The first-order valence-corrected chi connectivity index (χ1v) is 4.84. The first-order valence-electron chi connectivity index (χ1n) is 4.84. The molecule has 1 nitrogen and oxygen atoms in total. The molecular weight excluding hydrogens is 207 g/mol. The van der Waals surface area contributed by atoms with Gasteiger partial charge in [0.1, 0.15) is 0 Å². The standard InChI is InChI=1S/C12H9N.BF2/c1-3-7-11-9(5-1)10-6-2-4-8-12(10)13-11;2-1-3/h1-8,13H;. The molecule has 2 aromatic carbocycles. The van der Waals surface area contributed by atoms with Gasteiger partial charge in [-0.2, -0.15) is 0 Å². The average molecular weight is 216 g/mol. The van der Waals surface area contributed by atoms with Crippen LogP contribution < -0.4 is 0 Å². The van der Waals surface area contributed by atoms with Crippen LogP contribution in [0.1, 0.15) is 0 Å². The van der Waals surface area contributed by atoms with Crippen LogP contribution in [0.4, 0.5) is 8.63 Å². The largest absolute Gasteiger partial charge is 0.577 e. The lowest BCUT2D eigenvalue weighted by Gasteiger charge is -1.87. The third-order valence-electron chi connectivity index (χ3n) is 2.41. The Morgan fingerprint density at radius 1 is 0.750 bits per heavy atom. The normalized spacial score (nSPS) is 9.88. The van der Waals surface area contributed by atoms with Crippen LogP contribution in [0.2, 0.25) is 0 Å². The Bertz CT molecular complexity index is 541. The maximum atomic E-state index is 9.50. The van der Waals surface area contributed by atoms with E-state index in [-0.39, 0.29) is 0 Å². The van der Waals surface area contributed by atoms with Crippen molar-refractivity contribution in [3.05, 3.63) is 48.5 Å². The molecule has 3 rings (SSSR count). The van der Waals surface area contributed by atoms with Crippen molar-refractivity contribution in [2.45, 2.75) is 0 Å². The number of hydrogen-bond acceptors (Lipinski definition) is 0. The lowest BCUT2D eigenvalue weighted by atomic mass is 10.2. The highest BCUT2D eigenvalue weighted by Gasteiger charge is 2.00. The number of benzene rings is 2. The van der Waals surface area contributed by atoms with Crippen LogP contribution in [-0.4, -0.2) is 12.8 Å². The highest BCUT2D eigenvalue weighted by Crippen LogP contribution is 2.24. The zero-order valence-corrected chi connectivity index (χ0v) is 8.45. The van der Waals surface area contributed by atoms with E-state index in [1.807, 2.05) is 0 Å². The predicted molar refractivity (Wildman–Crippen MR) is 63.8 cm³/mol. The Balaban J connectivity index is 0.000000292. The SMILES string of the molecule is F[B]F.c1ccc2c(c1)[nH]c1ccccc12. The molecule has 16 heavy (non-hydrogen) atoms. The van der Waals surface area contributed by atoms with E-state index in [1.165, 1.54) is 21.8 Å². The van der Waals surface area contributed by atoms with Crippen LogP contribution in [0.3, 0.4) is 0 Å². The Morgan fingerprint density at radius 3 is 1.56 bits per heavy atom. The Morgan fingerprint density at radius 2 is 1.12 bits per heavy atom. The number of aromatic nitrogens is 1. The van der Waals surface area contributed by atoms with Crippen molar-refractivity contribution in [2.75, 3.05) is 0 Å². The molecule has 1 aromatic heterocycles. The molecular formula is C12H9BF2N. The molecule has 79 valence electrons. The monoisotopic (exact) mass is 216 g/mol. The van der Waals surface area contributed by atoms with Gasteiger partial charge in [-0.15, -0.1) is 0 Å². The quantitative estimate of drug-likeness (QED) is 0.550. The zero-order valence-electron chi connectivity index (χ0n) is 8.45. The first-order chi connectivity index (χ1) is 7.86. The predicted octanol–water partition coefficient (Wildman–Crippen LogP) is 3.78. The number of fused-ring (bicyclic) bond motifs is 3. The fourth-order valence-corrected chi connectivity index (χ4v) is 1.80. The molecule has 0 atom stereocenters. The molecule has 0 aliphatic heterocycles. The number of para-hydroxylation sites is 2. The van der Waals surface area contributed by atoms with Crippen LogP contribution in [0.5, 0.6) is 0 Å². The second-order valence-corrected chi connectivity index (χ2v) is 3.30. The number of rotatable bonds is 0. The summed E-state index contributed by atoms with van der Waals surface area (Å²) in [4.78, 5) is 3.38. The number of H-pyrrole nitrogens is 1. The molecule has 1 heterocycles. The first kappa shape index (κ1) is 10.7. The van der Waals surface area contributed by atoms with Gasteiger partial charge in [-0.05, 0) is 12.1 Å². The highest BCUT2D eigenvalue weighted by molar-refractivity contribution is 6.15. The van der Waals surface area contributed by atoms with Crippen LogP contribution in [0.25, 0.3) is 21.8 Å². The van der Waals surface area contributed by atoms with E-state index in [0.29, 0.717) is 0 Å². The highest BCUT2D eigenvalue weighted by atomic mass is 19.2. The van der Waals surface area contributed by atoms with Gasteiger partial charge in [0.2, 0.25) is 0 Å². The molecule has 0 amide bonds. The molecule has 0 fully saturated rings. The lowest BCUT2D eigenvalue weighted by Crippen LogP contribution is -1.62. The number of hydrogen-bond donors (Lipinski definition) is 1. The second-order valence-electron chi connectivity index (χ2n) is 3.30. The summed E-state index contributed by atoms with van der Waals surface area (Å²) in [6, 6.07) is 16.8. The summed E-state index contributed by atoms with van der Waals surface area (Å²) in [6.45, 7) is 0. The average Bonchev–Trinajstić information content (AvgIpc) is 2.68. The molecule has 0 aliphatic rings. The van der Waals surface area contributed by atoms with Gasteiger partial charge in [-0.1, -0.05) is 36.4 Å². The molecule has 0 saturated heterocycles. The summed E-state index contributed by atoms with van der Waals surface area (Å²) in [5.74, 6) is 0. The summed E-state index contributed by atoms with van der Waals surface area (Å²) < 4.78 is 19.0. The van der Waals surface area contributed by atoms with E-state index in [9.17, 15) is 8.63 Å². The summed E-state index contributed by atoms with van der Waals surface area (Å²) in [5.41, 5.74) is 2.42. The Hall–Kier alpha value is -1.84. The van der Waals surface area contributed by atoms with E-state index in [0.717, 1.165) is 0 Å². The molecule has 0 unspecified atom stereocenters. The van der Waals surface area contributed by atoms with E-state index < -0.39 is 7.83 Å². The zero-order chi connectivity index (χ0) is 11.4. The van der Waals surface area contributed by atoms with Crippen LogP contribution >= 0.6 is 0 Å². The van der Waals surface area contributed by atoms with Gasteiger partial charge in [0.15, 0.2) is 0 Å². The molecule has 0 saturated carbocycles. The van der Waals surface area contributed by atoms with Gasteiger partial charge in [0.25, 0.3) is 0 Å². The van der Waals surface area contributed by atoms with E-state index >= 15 is 0 Å². The fourth-order valence-electron chi connectivity index (χ4n) is 1.80. The lowest BCUT2D eigenvalue weighted by molar-refractivity contribution is 0.712. The minimum Gasteiger partial charge on any atom is -0.355 e. The van der Waals surface area contributed by atoms with Crippen molar-refractivity contribution in [1.82, 2.24) is 4.98 Å². The maximum absolute atomic E-state index is 9.50. The third-order valence-corrected chi connectivity index (χ3v) is 2.41. The van der Waals surface area contributed by atoms with E-state index in [1.54, 1.807) is 0 Å². The van der Waals surface area contributed by atoms with Crippen molar-refractivity contribution in [1.29, 1.82) is 0 Å². The van der Waals surface area contributed by atoms with E-state index in [2.05, 4.69) is 53.5 Å². The third kappa shape index (κ3) is 1.91. The van der Waals surface area contributed by atoms with Crippen LogP contribution in [0, 0.1) is 0 Å². The summed E-state index contributed by atoms with van der Waals surface area (Å²) in [6.07, 6.45) is 0. The van der Waals surface area contributed by atoms with Crippen molar-refractivity contribution < 1.29 is 8.63 Å². The van der Waals surface area contributed by atoms with Gasteiger partial charge in [0.05, 0.1) is 0 Å². The van der Waals surface area contributed by atoms with Gasteiger partial charge < -0.3 is 4.98 Å². The number of halogens is 2. The van der Waals surface area contributed by atoms with Gasteiger partial charge in [0, 0.05) is 21.8 Å². The number of aromatic amines is 1. The Labute approximate surface area is 92.4 Å². The fraction of sp³-hybridized carbons (Fsp3) is 0. The smallest absolute Gasteiger partial charge is 0.355 e. The van der Waals surface area contributed by atoms with Crippen molar-refractivity contribution in [3.8, 4) is 0 Å².